The van der Waals surface area contributed by atoms with Gasteiger partial charge >= 0.3 is 0 Å². The Hall–Kier alpha value is 0.0700. The molecule has 3 nitrogen and oxygen atoms in total. The van der Waals surface area contributed by atoms with E-state index in [4.69, 9.17) is 5.73 Å². The minimum Gasteiger partial charge on any atom is -0.324 e. The minimum atomic E-state index is -0.551. The van der Waals surface area contributed by atoms with Crippen LogP contribution in [0, 0.1) is 0 Å². The van der Waals surface area contributed by atoms with Gasteiger partial charge in [-0.25, -0.2) is 0 Å². The zero-order chi connectivity index (χ0) is 8.60. The van der Waals surface area contributed by atoms with E-state index in [2.05, 4.69) is 4.90 Å². The first-order chi connectivity index (χ1) is 5.68. The van der Waals surface area contributed by atoms with Crippen LogP contribution in [0.4, 0.5) is 0 Å². The molecule has 70 valence electrons. The maximum atomic E-state index is 11.0. The highest BCUT2D eigenvalue weighted by Crippen LogP contribution is 2.32. The van der Waals surface area contributed by atoms with Gasteiger partial charge in [0.15, 0.2) is 0 Å². The van der Waals surface area contributed by atoms with Gasteiger partial charge in [0.05, 0.1) is 0 Å². The van der Waals surface area contributed by atoms with Crippen molar-refractivity contribution in [2.24, 2.45) is 5.73 Å². The molecule has 0 atom stereocenters. The number of rotatable bonds is 2. The Balaban J connectivity index is 1.78. The predicted molar refractivity (Wildman–Crippen MR) is 50.5 cm³/mol. The second kappa shape index (κ2) is 3.09. The lowest BCUT2D eigenvalue weighted by Gasteiger charge is -2.28. The highest BCUT2D eigenvalue weighted by molar-refractivity contribution is 7.85. The first-order valence-corrected chi connectivity index (χ1v) is 6.03. The monoisotopic (exact) mass is 188 g/mol. The van der Waals surface area contributed by atoms with E-state index in [1.165, 1.54) is 12.8 Å². The van der Waals surface area contributed by atoms with Gasteiger partial charge in [0.2, 0.25) is 0 Å². The average molecular weight is 188 g/mol. The fourth-order valence-electron chi connectivity index (χ4n) is 1.60. The summed E-state index contributed by atoms with van der Waals surface area (Å²) >= 11 is 0. The Bertz CT molecular complexity index is 193. The number of hydrogen-bond acceptors (Lipinski definition) is 3. The molecule has 2 rings (SSSR count). The standard InChI is InChI=1S/C8H16N2OS/c9-8(1-2-8)7-10-3-5-12(11)6-4-10/h1-7,9H2. The van der Waals surface area contributed by atoms with Crippen LogP contribution in [0.2, 0.25) is 0 Å². The molecule has 0 radical (unpaired) electrons. The van der Waals surface area contributed by atoms with Gasteiger partial charge in [-0.3, -0.25) is 9.11 Å². The molecule has 0 aromatic heterocycles. The Morgan fingerprint density at radius 2 is 1.92 bits per heavy atom. The van der Waals surface area contributed by atoms with E-state index >= 15 is 0 Å². The number of hydrogen-bond donors (Lipinski definition) is 1. The molecule has 12 heavy (non-hydrogen) atoms. The maximum Gasteiger partial charge on any atom is 0.0363 e. The van der Waals surface area contributed by atoms with Crippen molar-refractivity contribution in [1.29, 1.82) is 0 Å². The van der Waals surface area contributed by atoms with Gasteiger partial charge in [0.25, 0.3) is 0 Å². The van der Waals surface area contributed by atoms with Gasteiger partial charge in [-0.2, -0.15) is 0 Å². The van der Waals surface area contributed by atoms with Gasteiger partial charge in [-0.05, 0) is 12.8 Å². The van der Waals surface area contributed by atoms with Crippen LogP contribution in [0.25, 0.3) is 0 Å². The van der Waals surface area contributed by atoms with Crippen molar-refractivity contribution in [2.75, 3.05) is 31.1 Å². The van der Waals surface area contributed by atoms with Gasteiger partial charge in [-0.1, -0.05) is 0 Å². The van der Waals surface area contributed by atoms with Crippen molar-refractivity contribution < 1.29 is 4.21 Å². The Morgan fingerprint density at radius 1 is 1.33 bits per heavy atom. The van der Waals surface area contributed by atoms with Crippen molar-refractivity contribution in [2.45, 2.75) is 18.4 Å². The summed E-state index contributed by atoms with van der Waals surface area (Å²) in [6.45, 7) is 2.97. The Labute approximate surface area is 75.8 Å². The molecule has 0 spiro atoms. The molecule has 0 bridgehead atoms. The highest BCUT2D eigenvalue weighted by atomic mass is 32.2. The molecule has 4 heteroatoms. The highest BCUT2D eigenvalue weighted by Gasteiger charge is 2.39. The van der Waals surface area contributed by atoms with Crippen LogP contribution >= 0.6 is 0 Å². The average Bonchev–Trinajstić information content (AvgIpc) is 2.74. The van der Waals surface area contributed by atoms with E-state index in [1.54, 1.807) is 0 Å². The first-order valence-electron chi connectivity index (χ1n) is 4.54. The summed E-state index contributed by atoms with van der Waals surface area (Å²) in [6.07, 6.45) is 2.35. The predicted octanol–water partition coefficient (Wildman–Crippen LogP) is -0.458. The summed E-state index contributed by atoms with van der Waals surface area (Å²) in [6, 6.07) is 0. The lowest BCUT2D eigenvalue weighted by Crippen LogP contribution is -2.45. The summed E-state index contributed by atoms with van der Waals surface area (Å²) in [5.74, 6) is 1.69. The third-order valence-corrected chi connectivity index (χ3v) is 3.98. The van der Waals surface area contributed by atoms with Gasteiger partial charge < -0.3 is 5.73 Å². The largest absolute Gasteiger partial charge is 0.324 e. The molecule has 2 N–H and O–H groups in total. The van der Waals surface area contributed by atoms with Crippen molar-refractivity contribution >= 4 is 10.8 Å². The van der Waals surface area contributed by atoms with Crippen LogP contribution in [-0.4, -0.2) is 45.8 Å². The summed E-state index contributed by atoms with van der Waals surface area (Å²) in [5, 5.41) is 0. The molecule has 1 aliphatic carbocycles. The topological polar surface area (TPSA) is 46.3 Å². The number of nitrogens with zero attached hydrogens (tertiary/aromatic N) is 1. The fraction of sp³-hybridized carbons (Fsp3) is 1.00. The first kappa shape index (κ1) is 8.66. The van der Waals surface area contributed by atoms with E-state index in [-0.39, 0.29) is 5.54 Å². The van der Waals surface area contributed by atoms with E-state index in [9.17, 15) is 4.21 Å². The van der Waals surface area contributed by atoms with Crippen LogP contribution in [-0.2, 0) is 10.8 Å². The molecule has 0 aromatic rings. The van der Waals surface area contributed by atoms with Crippen molar-refractivity contribution in [3.63, 3.8) is 0 Å². The lowest BCUT2D eigenvalue weighted by atomic mass is 10.2. The summed E-state index contributed by atoms with van der Waals surface area (Å²) in [7, 11) is -0.551. The molecule has 1 saturated carbocycles. The minimum absolute atomic E-state index is 0.124. The maximum absolute atomic E-state index is 11.0. The third kappa shape index (κ3) is 2.06. The molecule has 1 aliphatic heterocycles. The molecule has 0 aromatic carbocycles. The SMILES string of the molecule is NC1(CN2CCS(=O)CC2)CC1. The molecule has 2 aliphatic rings. The zero-order valence-electron chi connectivity index (χ0n) is 7.29. The van der Waals surface area contributed by atoms with E-state index in [0.717, 1.165) is 31.1 Å². The van der Waals surface area contributed by atoms with Crippen LogP contribution in [0.15, 0.2) is 0 Å². The lowest BCUT2D eigenvalue weighted by molar-refractivity contribution is 0.272. The van der Waals surface area contributed by atoms with Crippen molar-refractivity contribution in [3.05, 3.63) is 0 Å². The van der Waals surface area contributed by atoms with Crippen LogP contribution in [0.5, 0.6) is 0 Å². The smallest absolute Gasteiger partial charge is 0.0363 e. The third-order valence-electron chi connectivity index (χ3n) is 2.70. The second-order valence-electron chi connectivity index (χ2n) is 3.99. The summed E-state index contributed by atoms with van der Waals surface area (Å²) in [4.78, 5) is 2.36. The summed E-state index contributed by atoms with van der Waals surface area (Å²) in [5.41, 5.74) is 6.12. The van der Waals surface area contributed by atoms with Crippen molar-refractivity contribution in [3.8, 4) is 0 Å². The van der Waals surface area contributed by atoms with Crippen molar-refractivity contribution in [1.82, 2.24) is 4.90 Å². The molecular weight excluding hydrogens is 172 g/mol. The molecule has 0 amide bonds. The van der Waals surface area contributed by atoms with Crippen LogP contribution in [0.3, 0.4) is 0 Å². The fourth-order valence-corrected chi connectivity index (χ4v) is 2.73. The molecule has 1 saturated heterocycles. The van der Waals surface area contributed by atoms with Crippen LogP contribution < -0.4 is 5.73 Å². The molecule has 0 unspecified atom stereocenters. The number of nitrogens with two attached hydrogens (primary N) is 1. The Morgan fingerprint density at radius 3 is 2.42 bits per heavy atom. The normalized spacial score (nSPS) is 30.4. The second-order valence-corrected chi connectivity index (χ2v) is 5.68. The molecule has 1 heterocycles. The van der Waals surface area contributed by atoms with Gasteiger partial charge in [-0.15, -0.1) is 0 Å². The van der Waals surface area contributed by atoms with Gasteiger partial charge in [0.1, 0.15) is 0 Å². The van der Waals surface area contributed by atoms with E-state index in [1.807, 2.05) is 0 Å². The Kier molecular flexibility index (Phi) is 2.23. The van der Waals surface area contributed by atoms with E-state index < -0.39 is 10.8 Å². The van der Waals surface area contributed by atoms with Gasteiger partial charge in [0, 0.05) is 47.5 Å². The van der Waals surface area contributed by atoms with Crippen LogP contribution in [0.1, 0.15) is 12.8 Å². The molecular formula is C8H16N2OS. The summed E-state index contributed by atoms with van der Waals surface area (Å²) < 4.78 is 11.0. The zero-order valence-corrected chi connectivity index (χ0v) is 8.11. The quantitative estimate of drug-likeness (QED) is 0.638. The van der Waals surface area contributed by atoms with E-state index in [0.29, 0.717) is 0 Å². The molecule has 2 fully saturated rings.